The molecule has 2 N–H and O–H groups in total. The number of nitrogens with two attached hydrogens (primary N) is 1. The van der Waals surface area contributed by atoms with Gasteiger partial charge < -0.3 is 10.6 Å². The fourth-order valence-corrected chi connectivity index (χ4v) is 3.66. The maximum atomic E-state index is 12.7. The number of benzene rings is 1. The van der Waals surface area contributed by atoms with E-state index in [0.717, 1.165) is 35.4 Å². The predicted octanol–water partition coefficient (Wildman–Crippen LogP) is 3.71. The number of aryl methyl sites for hydroxylation is 1. The first-order valence-corrected chi connectivity index (χ1v) is 8.22. The van der Waals surface area contributed by atoms with Gasteiger partial charge in [0.25, 0.3) is 5.91 Å². The van der Waals surface area contributed by atoms with Crippen LogP contribution in [0.2, 0.25) is 0 Å². The Morgan fingerprint density at radius 3 is 2.68 bits per heavy atom. The standard InChI is InChI=1S/C17H20N2OS.ClH/c1-12-4-6-13(7-5-12)15-8-10-21-16(15)17(20)19-9-2-3-14(18)11-19;/h4-8,10,14H,2-3,9,11,18H2,1H3;1H. The zero-order valence-corrected chi connectivity index (χ0v) is 14.3. The Labute approximate surface area is 141 Å². The first-order chi connectivity index (χ1) is 10.1. The van der Waals surface area contributed by atoms with Crippen molar-refractivity contribution in [2.45, 2.75) is 25.8 Å². The average molecular weight is 337 g/mol. The van der Waals surface area contributed by atoms with Crippen LogP contribution < -0.4 is 5.73 Å². The first-order valence-electron chi connectivity index (χ1n) is 7.34. The number of rotatable bonds is 2. The highest BCUT2D eigenvalue weighted by molar-refractivity contribution is 7.12. The van der Waals surface area contributed by atoms with E-state index < -0.39 is 0 Å². The third-order valence-corrected chi connectivity index (χ3v) is 4.87. The number of carbonyl (C=O) groups is 1. The molecule has 2 aromatic rings. The normalized spacial score (nSPS) is 17.9. The van der Waals surface area contributed by atoms with Crippen molar-refractivity contribution in [2.24, 2.45) is 5.73 Å². The molecule has 0 saturated carbocycles. The summed E-state index contributed by atoms with van der Waals surface area (Å²) in [5.41, 5.74) is 9.35. The van der Waals surface area contributed by atoms with Crippen LogP contribution in [0.5, 0.6) is 0 Å². The second kappa shape index (κ2) is 7.27. The zero-order chi connectivity index (χ0) is 14.8. The summed E-state index contributed by atoms with van der Waals surface area (Å²) in [6.07, 6.45) is 2.01. The van der Waals surface area contributed by atoms with E-state index in [2.05, 4.69) is 31.2 Å². The summed E-state index contributed by atoms with van der Waals surface area (Å²) >= 11 is 1.52. The fourth-order valence-electron chi connectivity index (χ4n) is 2.77. The number of halogens is 1. The molecule has 118 valence electrons. The third-order valence-electron chi connectivity index (χ3n) is 3.97. The number of hydrogen-bond acceptors (Lipinski definition) is 3. The van der Waals surface area contributed by atoms with Crippen molar-refractivity contribution in [3.8, 4) is 11.1 Å². The Hall–Kier alpha value is -1.36. The van der Waals surface area contributed by atoms with Crippen molar-refractivity contribution in [3.05, 3.63) is 46.2 Å². The summed E-state index contributed by atoms with van der Waals surface area (Å²) in [5.74, 6) is 0.121. The lowest BCUT2D eigenvalue weighted by Gasteiger charge is -2.30. The van der Waals surface area contributed by atoms with Crippen molar-refractivity contribution >= 4 is 29.7 Å². The Morgan fingerprint density at radius 1 is 1.27 bits per heavy atom. The highest BCUT2D eigenvalue weighted by atomic mass is 35.5. The van der Waals surface area contributed by atoms with Gasteiger partial charge in [0.1, 0.15) is 0 Å². The quantitative estimate of drug-likeness (QED) is 0.908. The lowest BCUT2D eigenvalue weighted by atomic mass is 10.0. The van der Waals surface area contributed by atoms with E-state index in [-0.39, 0.29) is 24.4 Å². The summed E-state index contributed by atoms with van der Waals surface area (Å²) < 4.78 is 0. The minimum Gasteiger partial charge on any atom is -0.336 e. The number of nitrogens with zero attached hydrogens (tertiary/aromatic N) is 1. The van der Waals surface area contributed by atoms with Gasteiger partial charge in [0, 0.05) is 24.7 Å². The monoisotopic (exact) mass is 336 g/mol. The second-order valence-electron chi connectivity index (χ2n) is 5.68. The molecule has 2 heterocycles. The summed E-state index contributed by atoms with van der Waals surface area (Å²) in [4.78, 5) is 15.5. The molecule has 1 fully saturated rings. The number of hydrogen-bond donors (Lipinski definition) is 1. The second-order valence-corrected chi connectivity index (χ2v) is 6.60. The molecule has 1 atom stereocenters. The molecule has 1 aromatic heterocycles. The molecular formula is C17H21ClN2OS. The van der Waals surface area contributed by atoms with E-state index in [1.54, 1.807) is 0 Å². The Balaban J connectivity index is 0.00000176. The largest absolute Gasteiger partial charge is 0.336 e. The Morgan fingerprint density at radius 2 is 2.00 bits per heavy atom. The van der Waals surface area contributed by atoms with E-state index in [4.69, 9.17) is 5.73 Å². The number of likely N-dealkylation sites (tertiary alicyclic amines) is 1. The van der Waals surface area contributed by atoms with E-state index in [1.807, 2.05) is 16.3 Å². The van der Waals surface area contributed by atoms with Gasteiger partial charge in [0.2, 0.25) is 0 Å². The van der Waals surface area contributed by atoms with Crippen LogP contribution in [0.25, 0.3) is 11.1 Å². The van der Waals surface area contributed by atoms with Gasteiger partial charge in [-0.25, -0.2) is 0 Å². The van der Waals surface area contributed by atoms with Crippen LogP contribution in [-0.2, 0) is 0 Å². The van der Waals surface area contributed by atoms with Crippen molar-refractivity contribution in [1.82, 2.24) is 4.90 Å². The molecule has 3 nitrogen and oxygen atoms in total. The van der Waals surface area contributed by atoms with Gasteiger partial charge in [-0.2, -0.15) is 0 Å². The smallest absolute Gasteiger partial charge is 0.264 e. The number of amides is 1. The fraction of sp³-hybridized carbons (Fsp3) is 0.353. The number of thiophene rings is 1. The van der Waals surface area contributed by atoms with E-state index in [0.29, 0.717) is 6.54 Å². The molecule has 0 aliphatic carbocycles. The summed E-state index contributed by atoms with van der Waals surface area (Å²) in [7, 11) is 0. The van der Waals surface area contributed by atoms with Crippen LogP contribution >= 0.6 is 23.7 Å². The molecular weight excluding hydrogens is 316 g/mol. The molecule has 1 saturated heterocycles. The highest BCUT2D eigenvalue weighted by Gasteiger charge is 2.25. The van der Waals surface area contributed by atoms with Gasteiger partial charge in [-0.15, -0.1) is 23.7 Å². The van der Waals surface area contributed by atoms with Crippen molar-refractivity contribution in [1.29, 1.82) is 0 Å². The van der Waals surface area contributed by atoms with Crippen LogP contribution in [0.1, 0.15) is 28.1 Å². The van der Waals surface area contributed by atoms with Crippen LogP contribution in [0.15, 0.2) is 35.7 Å². The highest BCUT2D eigenvalue weighted by Crippen LogP contribution is 2.30. The molecule has 1 aliphatic rings. The zero-order valence-electron chi connectivity index (χ0n) is 12.6. The third kappa shape index (κ3) is 3.51. The van der Waals surface area contributed by atoms with E-state index in [9.17, 15) is 4.79 Å². The summed E-state index contributed by atoms with van der Waals surface area (Å²) in [6, 6.07) is 10.5. The molecule has 1 amide bonds. The Kier molecular flexibility index (Phi) is 5.62. The molecule has 1 unspecified atom stereocenters. The lowest BCUT2D eigenvalue weighted by Crippen LogP contribution is -2.45. The van der Waals surface area contributed by atoms with E-state index in [1.165, 1.54) is 16.9 Å². The molecule has 22 heavy (non-hydrogen) atoms. The SMILES string of the molecule is Cc1ccc(-c2ccsc2C(=O)N2CCCC(N)C2)cc1.Cl. The van der Waals surface area contributed by atoms with E-state index >= 15 is 0 Å². The molecule has 3 rings (SSSR count). The minimum absolute atomic E-state index is 0. The number of carbonyl (C=O) groups excluding carboxylic acids is 1. The molecule has 0 spiro atoms. The average Bonchev–Trinajstić information content (AvgIpc) is 2.96. The van der Waals surface area contributed by atoms with Crippen LogP contribution in [0.4, 0.5) is 0 Å². The van der Waals surface area contributed by atoms with Crippen molar-refractivity contribution in [2.75, 3.05) is 13.1 Å². The van der Waals surface area contributed by atoms with Gasteiger partial charge in [0.05, 0.1) is 4.88 Å². The summed E-state index contributed by atoms with van der Waals surface area (Å²) in [5, 5.41) is 1.99. The Bertz CT molecular complexity index is 638. The minimum atomic E-state index is 0. The topological polar surface area (TPSA) is 46.3 Å². The van der Waals surface area contributed by atoms with Gasteiger partial charge in [0.15, 0.2) is 0 Å². The van der Waals surface area contributed by atoms with Gasteiger partial charge in [-0.3, -0.25) is 4.79 Å². The van der Waals surface area contributed by atoms with Crippen LogP contribution in [0.3, 0.4) is 0 Å². The van der Waals surface area contributed by atoms with Crippen molar-refractivity contribution < 1.29 is 4.79 Å². The maximum Gasteiger partial charge on any atom is 0.264 e. The lowest BCUT2D eigenvalue weighted by molar-refractivity contribution is 0.0714. The van der Waals surface area contributed by atoms with Crippen LogP contribution in [0, 0.1) is 6.92 Å². The summed E-state index contributed by atoms with van der Waals surface area (Å²) in [6.45, 7) is 3.56. The molecule has 1 aromatic carbocycles. The van der Waals surface area contributed by atoms with Gasteiger partial charge in [-0.1, -0.05) is 29.8 Å². The molecule has 5 heteroatoms. The molecule has 0 bridgehead atoms. The van der Waals surface area contributed by atoms with Gasteiger partial charge >= 0.3 is 0 Å². The van der Waals surface area contributed by atoms with Gasteiger partial charge in [-0.05, 0) is 36.8 Å². The molecule has 0 radical (unpaired) electrons. The molecule has 1 aliphatic heterocycles. The van der Waals surface area contributed by atoms with Crippen molar-refractivity contribution in [3.63, 3.8) is 0 Å². The first kappa shape index (κ1) is 17.0. The van der Waals surface area contributed by atoms with Crippen LogP contribution in [-0.4, -0.2) is 29.9 Å². The maximum absolute atomic E-state index is 12.7. The number of piperidine rings is 1. The predicted molar refractivity (Wildman–Crippen MR) is 94.9 cm³/mol.